The average molecular weight is 348 g/mol. The van der Waals surface area contributed by atoms with Crippen LogP contribution < -0.4 is 9.47 Å². The maximum Gasteiger partial charge on any atom is 0.222 e. The molecule has 1 aromatic rings. The number of amides is 1. The Morgan fingerprint density at radius 1 is 1.08 bits per heavy atom. The first-order valence-electron chi connectivity index (χ1n) is 9.45. The zero-order valence-electron chi connectivity index (χ0n) is 15.9. The smallest absolute Gasteiger partial charge is 0.222 e. The summed E-state index contributed by atoms with van der Waals surface area (Å²) in [6.07, 6.45) is 1.27. The van der Waals surface area contributed by atoms with E-state index in [4.69, 9.17) is 9.47 Å². The van der Waals surface area contributed by atoms with Gasteiger partial charge in [0.05, 0.1) is 13.2 Å². The topological polar surface area (TPSA) is 42.0 Å². The van der Waals surface area contributed by atoms with Crippen LogP contribution in [0.15, 0.2) is 24.3 Å². The highest BCUT2D eigenvalue weighted by atomic mass is 16.5. The van der Waals surface area contributed by atoms with E-state index in [-0.39, 0.29) is 5.91 Å². The van der Waals surface area contributed by atoms with Crippen LogP contribution in [-0.2, 0) is 4.79 Å². The van der Waals surface area contributed by atoms with E-state index in [1.54, 1.807) is 0 Å². The summed E-state index contributed by atoms with van der Waals surface area (Å²) >= 11 is 0. The van der Waals surface area contributed by atoms with Gasteiger partial charge in [0.25, 0.3) is 0 Å². The van der Waals surface area contributed by atoms with E-state index in [0.717, 1.165) is 50.6 Å². The van der Waals surface area contributed by atoms with Crippen molar-refractivity contribution in [3.63, 3.8) is 0 Å². The van der Waals surface area contributed by atoms with Crippen LogP contribution >= 0.6 is 0 Å². The van der Waals surface area contributed by atoms with E-state index in [2.05, 4.69) is 18.7 Å². The highest BCUT2D eigenvalue weighted by molar-refractivity contribution is 5.76. The van der Waals surface area contributed by atoms with Crippen molar-refractivity contribution in [1.29, 1.82) is 0 Å². The average Bonchev–Trinajstić information content (AvgIpc) is 2.60. The maximum absolute atomic E-state index is 12.3. The molecule has 1 aromatic carbocycles. The normalized spacial score (nSPS) is 15.4. The summed E-state index contributed by atoms with van der Waals surface area (Å²) < 4.78 is 11.3. The van der Waals surface area contributed by atoms with E-state index >= 15 is 0 Å². The third kappa shape index (κ3) is 6.58. The van der Waals surface area contributed by atoms with Crippen LogP contribution in [0.3, 0.4) is 0 Å². The SMILES string of the molecule is CCOc1ccccc1OCCCC(=O)N1CCN(CC(C)C)CC1. The second-order valence-electron chi connectivity index (χ2n) is 6.91. The lowest BCUT2D eigenvalue weighted by Crippen LogP contribution is -2.49. The number of hydrogen-bond donors (Lipinski definition) is 0. The molecule has 1 aliphatic rings. The summed E-state index contributed by atoms with van der Waals surface area (Å²) in [5, 5.41) is 0. The van der Waals surface area contributed by atoms with Gasteiger partial charge in [0.2, 0.25) is 5.91 Å². The Balaban J connectivity index is 1.66. The fourth-order valence-corrected chi connectivity index (χ4v) is 3.10. The van der Waals surface area contributed by atoms with Gasteiger partial charge in [-0.25, -0.2) is 0 Å². The molecule has 2 rings (SSSR count). The van der Waals surface area contributed by atoms with Crippen molar-refractivity contribution in [2.24, 2.45) is 5.92 Å². The van der Waals surface area contributed by atoms with Gasteiger partial charge >= 0.3 is 0 Å². The number of piperazine rings is 1. The molecule has 1 fully saturated rings. The van der Waals surface area contributed by atoms with Crippen LogP contribution in [0.25, 0.3) is 0 Å². The first-order valence-corrected chi connectivity index (χ1v) is 9.45. The molecule has 0 N–H and O–H groups in total. The number of nitrogens with zero attached hydrogens (tertiary/aromatic N) is 2. The minimum Gasteiger partial charge on any atom is -0.490 e. The summed E-state index contributed by atoms with van der Waals surface area (Å²) in [5.74, 6) is 2.43. The first kappa shape index (κ1) is 19.6. The summed E-state index contributed by atoms with van der Waals surface area (Å²) in [6, 6.07) is 7.67. The number of hydrogen-bond acceptors (Lipinski definition) is 4. The molecular weight excluding hydrogens is 316 g/mol. The number of ether oxygens (including phenoxy) is 2. The standard InChI is InChI=1S/C20H32N2O3/c1-4-24-18-8-5-6-9-19(18)25-15-7-10-20(23)22-13-11-21(12-14-22)16-17(2)3/h5-6,8-9,17H,4,7,10-16H2,1-3H3. The van der Waals surface area contributed by atoms with E-state index in [1.165, 1.54) is 0 Å². The summed E-state index contributed by atoms with van der Waals surface area (Å²) in [5.41, 5.74) is 0. The van der Waals surface area contributed by atoms with Gasteiger partial charge in [-0.2, -0.15) is 0 Å². The van der Waals surface area contributed by atoms with Crippen molar-refractivity contribution in [3.05, 3.63) is 24.3 Å². The molecule has 1 aliphatic heterocycles. The van der Waals surface area contributed by atoms with Gasteiger partial charge < -0.3 is 14.4 Å². The fourth-order valence-electron chi connectivity index (χ4n) is 3.10. The van der Waals surface area contributed by atoms with Crippen molar-refractivity contribution >= 4 is 5.91 Å². The molecule has 1 amide bonds. The molecule has 25 heavy (non-hydrogen) atoms. The number of carbonyl (C=O) groups excluding carboxylic acids is 1. The molecule has 0 aromatic heterocycles. The Labute approximate surface area is 151 Å². The molecular formula is C20H32N2O3. The molecule has 1 saturated heterocycles. The molecule has 0 spiro atoms. The van der Waals surface area contributed by atoms with E-state index in [0.29, 0.717) is 25.6 Å². The monoisotopic (exact) mass is 348 g/mol. The molecule has 0 bridgehead atoms. The lowest BCUT2D eigenvalue weighted by atomic mass is 10.2. The maximum atomic E-state index is 12.3. The molecule has 5 heteroatoms. The molecule has 140 valence electrons. The Morgan fingerprint density at radius 3 is 2.32 bits per heavy atom. The number of para-hydroxylation sites is 2. The van der Waals surface area contributed by atoms with Crippen LogP contribution in [0, 0.1) is 5.92 Å². The minimum atomic E-state index is 0.242. The van der Waals surface area contributed by atoms with Crippen LogP contribution in [0.2, 0.25) is 0 Å². The van der Waals surface area contributed by atoms with Crippen LogP contribution in [0.1, 0.15) is 33.6 Å². The van der Waals surface area contributed by atoms with Gasteiger partial charge in [-0.1, -0.05) is 26.0 Å². The quantitative estimate of drug-likeness (QED) is 0.643. The highest BCUT2D eigenvalue weighted by Gasteiger charge is 2.21. The summed E-state index contributed by atoms with van der Waals surface area (Å²) in [6.45, 7) is 12.4. The van der Waals surface area contributed by atoms with Crippen molar-refractivity contribution in [2.45, 2.75) is 33.6 Å². The van der Waals surface area contributed by atoms with Gasteiger partial charge in [0.1, 0.15) is 0 Å². The second kappa shape index (κ2) is 10.3. The van der Waals surface area contributed by atoms with Crippen molar-refractivity contribution < 1.29 is 14.3 Å². The Bertz CT molecular complexity index is 525. The molecule has 0 aliphatic carbocycles. The number of rotatable bonds is 9. The second-order valence-corrected chi connectivity index (χ2v) is 6.91. The Kier molecular flexibility index (Phi) is 8.06. The van der Waals surface area contributed by atoms with E-state index in [1.807, 2.05) is 36.1 Å². The lowest BCUT2D eigenvalue weighted by Gasteiger charge is -2.35. The van der Waals surface area contributed by atoms with Gasteiger partial charge in [-0.05, 0) is 31.4 Å². The van der Waals surface area contributed by atoms with Crippen LogP contribution in [0.5, 0.6) is 11.5 Å². The van der Waals surface area contributed by atoms with E-state index in [9.17, 15) is 4.79 Å². The molecule has 5 nitrogen and oxygen atoms in total. The third-order valence-corrected chi connectivity index (χ3v) is 4.29. The predicted octanol–water partition coefficient (Wildman–Crippen LogP) is 3.04. The largest absolute Gasteiger partial charge is 0.490 e. The minimum absolute atomic E-state index is 0.242. The van der Waals surface area contributed by atoms with E-state index < -0.39 is 0 Å². The Morgan fingerprint density at radius 2 is 1.72 bits per heavy atom. The zero-order valence-corrected chi connectivity index (χ0v) is 15.9. The molecule has 0 saturated carbocycles. The predicted molar refractivity (Wildman–Crippen MR) is 100 cm³/mol. The number of carbonyl (C=O) groups is 1. The van der Waals surface area contributed by atoms with Crippen molar-refractivity contribution in [3.8, 4) is 11.5 Å². The lowest BCUT2D eigenvalue weighted by molar-refractivity contribution is -0.133. The van der Waals surface area contributed by atoms with Gasteiger partial charge in [0, 0.05) is 39.1 Å². The fraction of sp³-hybridized carbons (Fsp3) is 0.650. The van der Waals surface area contributed by atoms with Gasteiger partial charge in [-0.3, -0.25) is 9.69 Å². The first-order chi connectivity index (χ1) is 12.1. The zero-order chi connectivity index (χ0) is 18.1. The molecule has 1 heterocycles. The van der Waals surface area contributed by atoms with Crippen LogP contribution in [0.4, 0.5) is 0 Å². The van der Waals surface area contributed by atoms with Crippen molar-refractivity contribution in [1.82, 2.24) is 9.80 Å². The summed E-state index contributed by atoms with van der Waals surface area (Å²) in [4.78, 5) is 16.8. The molecule has 0 radical (unpaired) electrons. The molecule has 0 atom stereocenters. The summed E-state index contributed by atoms with van der Waals surface area (Å²) in [7, 11) is 0. The van der Waals surface area contributed by atoms with Gasteiger partial charge in [0.15, 0.2) is 11.5 Å². The number of benzene rings is 1. The third-order valence-electron chi connectivity index (χ3n) is 4.29. The Hall–Kier alpha value is -1.75. The molecule has 0 unspecified atom stereocenters. The van der Waals surface area contributed by atoms with Gasteiger partial charge in [-0.15, -0.1) is 0 Å². The highest BCUT2D eigenvalue weighted by Crippen LogP contribution is 2.26. The van der Waals surface area contributed by atoms with Crippen molar-refractivity contribution in [2.75, 3.05) is 45.9 Å². The van der Waals surface area contributed by atoms with Crippen LogP contribution in [-0.4, -0.2) is 61.6 Å².